The summed E-state index contributed by atoms with van der Waals surface area (Å²) < 4.78 is 26.7. The van der Waals surface area contributed by atoms with Crippen LogP contribution < -0.4 is 17.1 Å². The average Bonchev–Trinajstić information content (AvgIpc) is 2.61. The summed E-state index contributed by atoms with van der Waals surface area (Å²) in [5.41, 5.74) is -2.46. The molecule has 10 heteroatoms. The van der Waals surface area contributed by atoms with Crippen molar-refractivity contribution in [3.05, 3.63) is 85.0 Å². The van der Waals surface area contributed by atoms with Crippen molar-refractivity contribution in [2.45, 2.75) is 9.79 Å². The lowest BCUT2D eigenvalue weighted by Gasteiger charge is -2.08. The number of nitrogens with zero attached hydrogens (tertiary/aromatic N) is 2. The van der Waals surface area contributed by atoms with Crippen LogP contribution in [0.15, 0.2) is 72.7 Å². The van der Waals surface area contributed by atoms with Crippen LogP contribution in [0.5, 0.6) is 0 Å². The molecule has 8 nitrogen and oxygen atoms in total. The lowest BCUT2D eigenvalue weighted by Crippen LogP contribution is -2.47. The largest absolute Gasteiger partial charge is 0.340 e. The molecule has 0 aliphatic carbocycles. The summed E-state index contributed by atoms with van der Waals surface area (Å²) in [6.45, 7) is 0. The quantitative estimate of drug-likeness (QED) is 0.704. The van der Waals surface area contributed by atoms with Gasteiger partial charge in [-0.25, -0.2) is 31.9 Å². The van der Waals surface area contributed by atoms with E-state index in [1.165, 1.54) is 55.6 Å². The molecular formula is C16H12ClN3O5S. The van der Waals surface area contributed by atoms with Gasteiger partial charge in [0.05, 0.1) is 15.5 Å². The number of aromatic amines is 1. The summed E-state index contributed by atoms with van der Waals surface area (Å²) in [7, 11) is -2.56. The smallest absolute Gasteiger partial charge is 0.258 e. The summed E-state index contributed by atoms with van der Waals surface area (Å²) in [5.74, 6) is 0. The molecule has 0 atom stereocenters. The van der Waals surface area contributed by atoms with Crippen molar-refractivity contribution in [2.24, 2.45) is 7.05 Å². The zero-order valence-corrected chi connectivity index (χ0v) is 14.9. The summed E-state index contributed by atoms with van der Waals surface area (Å²) in [5, 5.41) is 0.410. The maximum atomic E-state index is 12.6. The Bertz CT molecular complexity index is 1250. The molecule has 0 fully saturated rings. The first-order valence-electron chi connectivity index (χ1n) is 7.25. The second-order valence-electron chi connectivity index (χ2n) is 5.36. The molecule has 0 saturated heterocycles. The minimum absolute atomic E-state index is 0.0159. The van der Waals surface area contributed by atoms with E-state index in [1.807, 2.05) is 4.98 Å². The van der Waals surface area contributed by atoms with Crippen molar-refractivity contribution in [2.75, 3.05) is 0 Å². The zero-order valence-electron chi connectivity index (χ0n) is 13.3. The maximum absolute atomic E-state index is 12.6. The van der Waals surface area contributed by atoms with E-state index in [2.05, 4.69) is 0 Å². The predicted molar refractivity (Wildman–Crippen MR) is 94.8 cm³/mol. The third kappa shape index (κ3) is 3.02. The number of aromatic nitrogens is 3. The first kappa shape index (κ1) is 17.9. The van der Waals surface area contributed by atoms with E-state index in [0.29, 0.717) is 5.02 Å². The van der Waals surface area contributed by atoms with Gasteiger partial charge >= 0.3 is 17.1 Å². The molecule has 1 N–H and O–H groups in total. The van der Waals surface area contributed by atoms with Crippen LogP contribution in [0, 0.1) is 0 Å². The van der Waals surface area contributed by atoms with Gasteiger partial charge in [0.25, 0.3) is 0 Å². The van der Waals surface area contributed by atoms with Gasteiger partial charge in [0.1, 0.15) is 0 Å². The number of hydrogen-bond acceptors (Lipinski definition) is 5. The molecule has 0 spiro atoms. The molecule has 0 bridgehead atoms. The van der Waals surface area contributed by atoms with Crippen molar-refractivity contribution in [1.82, 2.24) is 14.1 Å². The van der Waals surface area contributed by atoms with Crippen molar-refractivity contribution in [3.8, 4) is 5.69 Å². The van der Waals surface area contributed by atoms with Crippen molar-refractivity contribution in [1.29, 1.82) is 0 Å². The van der Waals surface area contributed by atoms with Gasteiger partial charge in [-0.2, -0.15) is 0 Å². The van der Waals surface area contributed by atoms with Crippen LogP contribution in [0.4, 0.5) is 0 Å². The normalized spacial score (nSPS) is 11.5. The Labute approximate surface area is 151 Å². The Hall–Kier alpha value is -2.91. The standard InChI is InChI=1S/C16H12ClN3O5S/c1-19-14(21)18-15(22)20(16(19)23)11-4-8-13(9-5-11)26(24,25)12-6-2-10(17)3-7-12/h2-9H,1H3,(H,18,21,22). The summed E-state index contributed by atoms with van der Waals surface area (Å²) in [6, 6.07) is 10.9. The van der Waals surface area contributed by atoms with E-state index >= 15 is 0 Å². The first-order valence-corrected chi connectivity index (χ1v) is 9.11. The van der Waals surface area contributed by atoms with E-state index < -0.39 is 26.9 Å². The van der Waals surface area contributed by atoms with Gasteiger partial charge in [0.15, 0.2) is 0 Å². The van der Waals surface area contributed by atoms with E-state index in [-0.39, 0.29) is 15.5 Å². The molecule has 0 saturated carbocycles. The van der Waals surface area contributed by atoms with E-state index in [4.69, 9.17) is 11.6 Å². The third-order valence-electron chi connectivity index (χ3n) is 3.73. The van der Waals surface area contributed by atoms with E-state index in [0.717, 1.165) is 9.13 Å². The monoisotopic (exact) mass is 393 g/mol. The van der Waals surface area contributed by atoms with Crippen LogP contribution in [0.1, 0.15) is 0 Å². The molecule has 0 aliphatic rings. The van der Waals surface area contributed by atoms with E-state index in [1.54, 1.807) is 0 Å². The van der Waals surface area contributed by atoms with Crippen LogP contribution >= 0.6 is 11.6 Å². The molecule has 2 aromatic carbocycles. The fraction of sp³-hybridized carbons (Fsp3) is 0.0625. The highest BCUT2D eigenvalue weighted by atomic mass is 35.5. The third-order valence-corrected chi connectivity index (χ3v) is 5.77. The van der Waals surface area contributed by atoms with Crippen molar-refractivity contribution in [3.63, 3.8) is 0 Å². The number of H-pyrrole nitrogens is 1. The van der Waals surface area contributed by atoms with Crippen molar-refractivity contribution >= 4 is 21.4 Å². The predicted octanol–water partition coefficient (Wildman–Crippen LogP) is 0.711. The minimum Gasteiger partial charge on any atom is -0.258 e. The Morgan fingerprint density at radius 1 is 0.846 bits per heavy atom. The topological polar surface area (TPSA) is 111 Å². The SMILES string of the molecule is Cn1c(=O)[nH]c(=O)n(-c2ccc(S(=O)(=O)c3ccc(Cl)cc3)cc2)c1=O. The molecule has 134 valence electrons. The van der Waals surface area contributed by atoms with Crippen LogP contribution in [-0.4, -0.2) is 22.5 Å². The Kier molecular flexibility index (Phi) is 4.43. The van der Waals surface area contributed by atoms with Crippen LogP contribution in [0.25, 0.3) is 5.69 Å². The van der Waals surface area contributed by atoms with Gasteiger partial charge in [-0.15, -0.1) is 0 Å². The second kappa shape index (κ2) is 6.43. The number of nitrogens with one attached hydrogen (secondary N) is 1. The minimum atomic E-state index is -3.78. The Morgan fingerprint density at radius 2 is 1.35 bits per heavy atom. The molecule has 0 amide bonds. The highest BCUT2D eigenvalue weighted by Crippen LogP contribution is 2.23. The molecule has 1 aromatic heterocycles. The molecular weight excluding hydrogens is 382 g/mol. The number of sulfone groups is 1. The van der Waals surface area contributed by atoms with Crippen LogP contribution in [0.2, 0.25) is 5.02 Å². The Balaban J connectivity index is 2.09. The maximum Gasteiger partial charge on any atom is 0.340 e. The van der Waals surface area contributed by atoms with Gasteiger partial charge in [-0.05, 0) is 48.5 Å². The fourth-order valence-electron chi connectivity index (χ4n) is 2.31. The molecule has 1 heterocycles. The number of hydrogen-bond donors (Lipinski definition) is 1. The summed E-state index contributed by atoms with van der Waals surface area (Å²) in [6.07, 6.45) is 0. The van der Waals surface area contributed by atoms with E-state index in [9.17, 15) is 22.8 Å². The van der Waals surface area contributed by atoms with Gasteiger partial charge in [-0.1, -0.05) is 11.6 Å². The second-order valence-corrected chi connectivity index (χ2v) is 7.75. The summed E-state index contributed by atoms with van der Waals surface area (Å²) >= 11 is 5.77. The number of benzene rings is 2. The van der Waals surface area contributed by atoms with Crippen molar-refractivity contribution < 1.29 is 8.42 Å². The lowest BCUT2D eigenvalue weighted by molar-refractivity contribution is 0.596. The molecule has 26 heavy (non-hydrogen) atoms. The van der Waals surface area contributed by atoms with Crippen LogP contribution in [-0.2, 0) is 16.9 Å². The number of halogens is 1. The zero-order chi connectivity index (χ0) is 19.1. The van der Waals surface area contributed by atoms with Gasteiger partial charge in [0, 0.05) is 12.1 Å². The highest BCUT2D eigenvalue weighted by molar-refractivity contribution is 7.91. The molecule has 3 aromatic rings. The molecule has 0 aliphatic heterocycles. The average molecular weight is 394 g/mol. The van der Waals surface area contributed by atoms with Gasteiger partial charge in [0.2, 0.25) is 9.84 Å². The highest BCUT2D eigenvalue weighted by Gasteiger charge is 2.18. The fourth-order valence-corrected chi connectivity index (χ4v) is 3.69. The first-order chi connectivity index (χ1) is 12.2. The van der Waals surface area contributed by atoms with Gasteiger partial charge < -0.3 is 0 Å². The lowest BCUT2D eigenvalue weighted by atomic mass is 10.3. The molecule has 3 rings (SSSR count). The van der Waals surface area contributed by atoms with Gasteiger partial charge in [-0.3, -0.25) is 4.98 Å². The Morgan fingerprint density at radius 3 is 1.88 bits per heavy atom. The number of rotatable bonds is 3. The molecule has 0 radical (unpaired) electrons. The molecule has 0 unspecified atom stereocenters. The van der Waals surface area contributed by atoms with Crippen LogP contribution in [0.3, 0.4) is 0 Å². The summed E-state index contributed by atoms with van der Waals surface area (Å²) in [4.78, 5) is 37.5.